The lowest BCUT2D eigenvalue weighted by Gasteiger charge is -2.29. The molecule has 1 aromatic heterocycles. The minimum atomic E-state index is -3.62. The van der Waals surface area contributed by atoms with Crippen LogP contribution in [0.4, 0.5) is 5.82 Å². The highest BCUT2D eigenvalue weighted by molar-refractivity contribution is 9.13. The number of hydrogen-bond acceptors (Lipinski definition) is 4. The van der Waals surface area contributed by atoms with Crippen LogP contribution in [0.2, 0.25) is 0 Å². The Morgan fingerprint density at radius 2 is 1.78 bits per heavy atom. The van der Waals surface area contributed by atoms with Gasteiger partial charge in [0, 0.05) is 19.6 Å². The first-order chi connectivity index (χ1) is 10.9. The van der Waals surface area contributed by atoms with Crippen molar-refractivity contribution in [3.63, 3.8) is 0 Å². The highest BCUT2D eigenvalue weighted by atomic mass is 79.9. The summed E-state index contributed by atoms with van der Waals surface area (Å²) >= 11 is 10.2. The van der Waals surface area contributed by atoms with E-state index in [1.165, 1.54) is 6.42 Å². The maximum Gasteiger partial charge on any atom is 0.243 e. The number of hydrogen-bond donors (Lipinski definition) is 1. The number of piperidine rings is 1. The molecule has 0 aromatic carbocycles. The van der Waals surface area contributed by atoms with Gasteiger partial charge in [-0.2, -0.15) is 0 Å². The number of anilines is 1. The lowest BCUT2D eigenvalue weighted by molar-refractivity contribution is 0.568. The smallest absolute Gasteiger partial charge is 0.243 e. The summed E-state index contributed by atoms with van der Waals surface area (Å²) in [5.74, 6) is 0.677. The van der Waals surface area contributed by atoms with Crippen molar-refractivity contribution in [3.05, 3.63) is 13.5 Å². The molecule has 0 saturated carbocycles. The van der Waals surface area contributed by atoms with Crippen molar-refractivity contribution in [2.45, 2.75) is 43.9 Å². The van der Waals surface area contributed by atoms with Gasteiger partial charge in [-0.1, -0.05) is 13.3 Å². The predicted molar refractivity (Wildman–Crippen MR) is 103 cm³/mol. The van der Waals surface area contributed by atoms with Gasteiger partial charge >= 0.3 is 0 Å². The molecule has 2 rings (SSSR count). The fourth-order valence-electron chi connectivity index (χ4n) is 2.49. The first kappa shape index (κ1) is 19.6. The summed E-state index contributed by atoms with van der Waals surface area (Å²) in [5.41, 5.74) is 0. The number of pyridine rings is 1. The monoisotopic (exact) mass is 531 g/mol. The topological polar surface area (TPSA) is 62.3 Å². The van der Waals surface area contributed by atoms with E-state index in [1.807, 2.05) is 6.92 Å². The number of halogens is 3. The molecule has 5 nitrogen and oxygen atoms in total. The number of rotatable bonds is 6. The highest BCUT2D eigenvalue weighted by Crippen LogP contribution is 2.40. The second kappa shape index (κ2) is 8.60. The molecule has 1 fully saturated rings. The van der Waals surface area contributed by atoms with Crippen LogP contribution in [0, 0.1) is 0 Å². The lowest BCUT2D eigenvalue weighted by atomic mass is 10.1. The average molecular weight is 534 g/mol. The number of aromatic nitrogens is 1. The van der Waals surface area contributed by atoms with Crippen LogP contribution in [-0.2, 0) is 10.0 Å². The van der Waals surface area contributed by atoms with Gasteiger partial charge < -0.3 is 4.90 Å². The van der Waals surface area contributed by atoms with Crippen molar-refractivity contribution >= 4 is 63.6 Å². The summed E-state index contributed by atoms with van der Waals surface area (Å²) in [6.45, 7) is 4.24. The Morgan fingerprint density at radius 3 is 2.39 bits per heavy atom. The molecule has 0 bridgehead atoms. The van der Waals surface area contributed by atoms with Crippen molar-refractivity contribution in [1.82, 2.24) is 9.71 Å². The predicted octanol–water partition coefficient (Wildman–Crippen LogP) is 4.44. The number of nitrogens with one attached hydrogen (secondary N) is 1. The van der Waals surface area contributed by atoms with Gasteiger partial charge in [-0.15, -0.1) is 0 Å². The van der Waals surface area contributed by atoms with Gasteiger partial charge in [0.1, 0.15) is 15.3 Å². The summed E-state index contributed by atoms with van der Waals surface area (Å²) < 4.78 is 29.5. The fraction of sp³-hybridized carbons (Fsp3) is 0.643. The summed E-state index contributed by atoms with van der Waals surface area (Å²) in [6.07, 6.45) is 5.14. The Kier molecular flexibility index (Phi) is 7.34. The first-order valence-electron chi connectivity index (χ1n) is 7.67. The van der Waals surface area contributed by atoms with Crippen LogP contribution in [0.3, 0.4) is 0 Å². The molecule has 9 heteroatoms. The maximum atomic E-state index is 12.7. The average Bonchev–Trinajstić information content (AvgIpc) is 2.52. The molecule has 1 saturated heterocycles. The zero-order valence-corrected chi connectivity index (χ0v) is 18.5. The molecule has 1 N–H and O–H groups in total. The Morgan fingerprint density at radius 1 is 1.13 bits per heavy atom. The molecule has 0 atom stereocenters. The van der Waals surface area contributed by atoms with Gasteiger partial charge in [0.2, 0.25) is 10.0 Å². The van der Waals surface area contributed by atoms with Crippen LogP contribution in [0.25, 0.3) is 0 Å². The molecule has 0 spiro atoms. The second-order valence-corrected chi connectivity index (χ2v) is 9.52. The van der Waals surface area contributed by atoms with E-state index in [2.05, 4.69) is 62.4 Å². The molecular formula is C14H20Br3N3O2S. The third kappa shape index (κ3) is 4.68. The van der Waals surface area contributed by atoms with E-state index in [-0.39, 0.29) is 4.90 Å². The molecule has 1 aliphatic heterocycles. The van der Waals surface area contributed by atoms with E-state index in [1.54, 1.807) is 0 Å². The van der Waals surface area contributed by atoms with Gasteiger partial charge in [0.15, 0.2) is 0 Å². The van der Waals surface area contributed by atoms with Crippen molar-refractivity contribution in [2.75, 3.05) is 24.5 Å². The fourth-order valence-corrected chi connectivity index (χ4v) is 6.57. The Bertz CT molecular complexity index is 662. The molecule has 1 aliphatic rings. The van der Waals surface area contributed by atoms with Crippen LogP contribution < -0.4 is 9.62 Å². The molecule has 0 amide bonds. The summed E-state index contributed by atoms with van der Waals surface area (Å²) in [5, 5.41) is 0. The van der Waals surface area contributed by atoms with Crippen LogP contribution in [0.1, 0.15) is 39.0 Å². The lowest BCUT2D eigenvalue weighted by Crippen LogP contribution is -2.32. The molecule has 2 heterocycles. The zero-order chi connectivity index (χ0) is 17.0. The molecule has 0 aliphatic carbocycles. The molecule has 23 heavy (non-hydrogen) atoms. The Hall–Kier alpha value is 0.300. The van der Waals surface area contributed by atoms with E-state index in [0.717, 1.165) is 38.8 Å². The van der Waals surface area contributed by atoms with E-state index < -0.39 is 10.0 Å². The van der Waals surface area contributed by atoms with E-state index in [0.29, 0.717) is 25.9 Å². The largest absolute Gasteiger partial charge is 0.356 e. The van der Waals surface area contributed by atoms with Crippen LogP contribution >= 0.6 is 47.8 Å². The van der Waals surface area contributed by atoms with Crippen molar-refractivity contribution in [3.8, 4) is 0 Å². The summed E-state index contributed by atoms with van der Waals surface area (Å²) in [7, 11) is -3.62. The van der Waals surface area contributed by atoms with Gasteiger partial charge in [0.25, 0.3) is 0 Å². The number of sulfonamides is 1. The summed E-state index contributed by atoms with van der Waals surface area (Å²) in [4.78, 5) is 6.86. The van der Waals surface area contributed by atoms with E-state index in [4.69, 9.17) is 0 Å². The highest BCUT2D eigenvalue weighted by Gasteiger charge is 2.28. The van der Waals surface area contributed by atoms with Gasteiger partial charge in [0.05, 0.1) is 8.95 Å². The van der Waals surface area contributed by atoms with Crippen LogP contribution in [0.5, 0.6) is 0 Å². The Labute approximate surface area is 163 Å². The first-order valence-corrected chi connectivity index (χ1v) is 11.5. The maximum absolute atomic E-state index is 12.7. The SMILES string of the molecule is CCCCNS(=O)(=O)c1c(Br)c(Br)nc(N2CCCCC2)c1Br. The van der Waals surface area contributed by atoms with Crippen LogP contribution in [-0.4, -0.2) is 33.0 Å². The molecule has 1 aromatic rings. The van der Waals surface area contributed by atoms with Crippen molar-refractivity contribution < 1.29 is 8.42 Å². The van der Waals surface area contributed by atoms with Gasteiger partial charge in [-0.25, -0.2) is 18.1 Å². The van der Waals surface area contributed by atoms with E-state index in [9.17, 15) is 8.42 Å². The third-order valence-electron chi connectivity index (χ3n) is 3.73. The zero-order valence-electron chi connectivity index (χ0n) is 12.9. The standard InChI is InChI=1S/C14H20Br3N3O2S/c1-2-3-7-18-23(21,22)12-10(15)13(17)19-14(11(12)16)20-8-5-4-6-9-20/h18H,2-9H2,1H3. The minimum absolute atomic E-state index is 0.205. The quantitative estimate of drug-likeness (QED) is 0.434. The molecular weight excluding hydrogens is 514 g/mol. The number of unbranched alkanes of at least 4 members (excludes halogenated alkanes) is 1. The van der Waals surface area contributed by atoms with Crippen molar-refractivity contribution in [2.24, 2.45) is 0 Å². The second-order valence-electron chi connectivity index (χ2n) is 5.48. The summed E-state index contributed by atoms with van der Waals surface area (Å²) in [6, 6.07) is 0. The Balaban J connectivity index is 2.44. The minimum Gasteiger partial charge on any atom is -0.356 e. The number of nitrogens with zero attached hydrogens (tertiary/aromatic N) is 2. The van der Waals surface area contributed by atoms with Gasteiger partial charge in [-0.05, 0) is 73.5 Å². The molecule has 0 unspecified atom stereocenters. The van der Waals surface area contributed by atoms with E-state index >= 15 is 0 Å². The van der Waals surface area contributed by atoms with Gasteiger partial charge in [-0.3, -0.25) is 0 Å². The van der Waals surface area contributed by atoms with Crippen molar-refractivity contribution in [1.29, 1.82) is 0 Å². The third-order valence-corrected chi connectivity index (χ3v) is 8.41. The molecule has 130 valence electrons. The molecule has 0 radical (unpaired) electrons. The van der Waals surface area contributed by atoms with Crippen LogP contribution in [0.15, 0.2) is 18.4 Å². The normalized spacial score (nSPS) is 15.9.